The maximum absolute atomic E-state index is 12.4. The van der Waals surface area contributed by atoms with Crippen molar-refractivity contribution in [2.45, 2.75) is 11.8 Å². The molecule has 0 saturated heterocycles. The number of methoxy groups -OCH3 is 1. The first-order valence-corrected chi connectivity index (χ1v) is 8.66. The molecule has 0 aromatic heterocycles. The highest BCUT2D eigenvalue weighted by molar-refractivity contribution is 9.10. The molecule has 0 aliphatic heterocycles. The summed E-state index contributed by atoms with van der Waals surface area (Å²) in [6.45, 7) is 2.44. The van der Waals surface area contributed by atoms with Crippen LogP contribution in [0, 0.1) is 0 Å². The van der Waals surface area contributed by atoms with Gasteiger partial charge in [0.15, 0.2) is 0 Å². The number of amides is 1. The number of ether oxygens (including phenoxy) is 1. The van der Waals surface area contributed by atoms with Crippen LogP contribution in [0.3, 0.4) is 0 Å². The first-order chi connectivity index (χ1) is 9.91. The minimum atomic E-state index is -3.67. The molecule has 1 amide bonds. The van der Waals surface area contributed by atoms with Gasteiger partial charge < -0.3 is 10.1 Å². The summed E-state index contributed by atoms with van der Waals surface area (Å²) in [6.07, 6.45) is 0. The Morgan fingerprint density at radius 3 is 2.48 bits per heavy atom. The molecular weight excluding hydrogens is 360 g/mol. The molecule has 0 fully saturated rings. The fourth-order valence-corrected chi connectivity index (χ4v) is 3.30. The lowest BCUT2D eigenvalue weighted by Crippen LogP contribution is -2.41. The standard InChI is InChI=1S/C13H19BrN2O4S/c1-3-16(10-13(17)15-8-9-20-2)21(18,19)12-6-4-11(14)5-7-12/h4-7H,3,8-10H2,1-2H3,(H,15,17). The smallest absolute Gasteiger partial charge is 0.243 e. The van der Waals surface area contributed by atoms with E-state index in [1.165, 1.54) is 19.2 Å². The van der Waals surface area contributed by atoms with Gasteiger partial charge in [0.1, 0.15) is 0 Å². The average Bonchev–Trinajstić information content (AvgIpc) is 2.45. The fourth-order valence-electron chi connectivity index (χ4n) is 1.63. The lowest BCUT2D eigenvalue weighted by Gasteiger charge is -2.20. The number of hydrogen-bond donors (Lipinski definition) is 1. The highest BCUT2D eigenvalue weighted by Crippen LogP contribution is 2.18. The SMILES string of the molecule is CCN(CC(=O)NCCOC)S(=O)(=O)c1ccc(Br)cc1. The molecule has 0 saturated carbocycles. The molecule has 6 nitrogen and oxygen atoms in total. The van der Waals surface area contributed by atoms with Crippen molar-refractivity contribution in [3.8, 4) is 0 Å². The first-order valence-electron chi connectivity index (χ1n) is 6.43. The number of rotatable bonds is 8. The zero-order chi connectivity index (χ0) is 15.9. The topological polar surface area (TPSA) is 75.7 Å². The number of hydrogen-bond acceptors (Lipinski definition) is 4. The summed E-state index contributed by atoms with van der Waals surface area (Å²) in [6, 6.07) is 6.31. The van der Waals surface area contributed by atoms with E-state index in [2.05, 4.69) is 21.2 Å². The van der Waals surface area contributed by atoms with Gasteiger partial charge in [-0.05, 0) is 24.3 Å². The Kier molecular flexibility index (Phi) is 7.30. The molecule has 1 rings (SSSR count). The van der Waals surface area contributed by atoms with Crippen LogP contribution >= 0.6 is 15.9 Å². The molecule has 1 N–H and O–H groups in total. The van der Waals surface area contributed by atoms with E-state index < -0.39 is 10.0 Å². The van der Waals surface area contributed by atoms with Gasteiger partial charge in [0.2, 0.25) is 15.9 Å². The summed E-state index contributed by atoms with van der Waals surface area (Å²) >= 11 is 3.26. The molecule has 8 heteroatoms. The number of carbonyl (C=O) groups excluding carboxylic acids is 1. The van der Waals surface area contributed by atoms with Crippen molar-refractivity contribution in [3.63, 3.8) is 0 Å². The predicted octanol–water partition coefficient (Wildman–Crippen LogP) is 1.22. The minimum Gasteiger partial charge on any atom is -0.383 e. The van der Waals surface area contributed by atoms with Crippen molar-refractivity contribution >= 4 is 31.9 Å². The fraction of sp³-hybridized carbons (Fsp3) is 0.462. The second-order valence-electron chi connectivity index (χ2n) is 4.23. The first kappa shape index (κ1) is 18.1. The Labute approximate surface area is 133 Å². The highest BCUT2D eigenvalue weighted by atomic mass is 79.9. The van der Waals surface area contributed by atoms with Crippen molar-refractivity contribution in [2.75, 3.05) is 33.4 Å². The summed E-state index contributed by atoms with van der Waals surface area (Å²) in [5.74, 6) is -0.352. The summed E-state index contributed by atoms with van der Waals surface area (Å²) in [5, 5.41) is 2.60. The molecule has 1 aromatic carbocycles. The van der Waals surface area contributed by atoms with Gasteiger partial charge >= 0.3 is 0 Å². The molecule has 0 aliphatic carbocycles. The predicted molar refractivity (Wildman–Crippen MR) is 83.5 cm³/mol. The third-order valence-electron chi connectivity index (χ3n) is 2.75. The number of sulfonamides is 1. The highest BCUT2D eigenvalue weighted by Gasteiger charge is 2.24. The monoisotopic (exact) mass is 378 g/mol. The summed E-state index contributed by atoms with van der Waals surface area (Å²) in [7, 11) is -2.14. The van der Waals surface area contributed by atoms with Crippen molar-refractivity contribution in [1.29, 1.82) is 0 Å². The lowest BCUT2D eigenvalue weighted by molar-refractivity contribution is -0.121. The van der Waals surface area contributed by atoms with E-state index in [1.807, 2.05) is 0 Å². The Morgan fingerprint density at radius 1 is 1.33 bits per heavy atom. The Morgan fingerprint density at radius 2 is 1.95 bits per heavy atom. The van der Waals surface area contributed by atoms with E-state index in [1.54, 1.807) is 19.1 Å². The van der Waals surface area contributed by atoms with Gasteiger partial charge in [0, 0.05) is 24.7 Å². The number of halogens is 1. The minimum absolute atomic E-state index is 0.164. The third-order valence-corrected chi connectivity index (χ3v) is 5.22. The van der Waals surface area contributed by atoms with Crippen LogP contribution in [0.25, 0.3) is 0 Å². The summed E-state index contributed by atoms with van der Waals surface area (Å²) in [4.78, 5) is 11.9. The maximum Gasteiger partial charge on any atom is 0.243 e. The van der Waals surface area contributed by atoms with Gasteiger partial charge in [-0.15, -0.1) is 0 Å². The molecule has 0 unspecified atom stereocenters. The van der Waals surface area contributed by atoms with Crippen LogP contribution < -0.4 is 5.32 Å². The van der Waals surface area contributed by atoms with Crippen molar-refractivity contribution in [1.82, 2.24) is 9.62 Å². The molecule has 0 aliphatic rings. The van der Waals surface area contributed by atoms with Gasteiger partial charge in [0.05, 0.1) is 18.0 Å². The van der Waals surface area contributed by atoms with Gasteiger partial charge in [-0.3, -0.25) is 4.79 Å². The van der Waals surface area contributed by atoms with Crippen molar-refractivity contribution in [3.05, 3.63) is 28.7 Å². The zero-order valence-corrected chi connectivity index (χ0v) is 14.4. The Balaban J connectivity index is 2.78. The van der Waals surface area contributed by atoms with Crippen LogP contribution in [0.15, 0.2) is 33.6 Å². The van der Waals surface area contributed by atoms with E-state index in [0.717, 1.165) is 8.78 Å². The van der Waals surface area contributed by atoms with E-state index in [0.29, 0.717) is 13.2 Å². The average molecular weight is 379 g/mol. The molecule has 0 radical (unpaired) electrons. The van der Waals surface area contributed by atoms with Gasteiger partial charge in [-0.25, -0.2) is 8.42 Å². The quantitative estimate of drug-likeness (QED) is 0.690. The van der Waals surface area contributed by atoms with Gasteiger partial charge in [0.25, 0.3) is 0 Å². The van der Waals surface area contributed by atoms with Crippen LogP contribution in [0.2, 0.25) is 0 Å². The van der Waals surface area contributed by atoms with Crippen LogP contribution in [0.4, 0.5) is 0 Å². The number of carbonyl (C=O) groups is 1. The Hall–Kier alpha value is -0.960. The maximum atomic E-state index is 12.4. The van der Waals surface area contributed by atoms with Gasteiger partial charge in [-0.2, -0.15) is 4.31 Å². The van der Waals surface area contributed by atoms with E-state index in [4.69, 9.17) is 4.74 Å². The normalized spacial score (nSPS) is 11.6. The molecule has 21 heavy (non-hydrogen) atoms. The molecule has 0 atom stereocenters. The van der Waals surface area contributed by atoms with E-state index >= 15 is 0 Å². The third kappa shape index (κ3) is 5.39. The number of benzene rings is 1. The number of nitrogens with zero attached hydrogens (tertiary/aromatic N) is 1. The zero-order valence-electron chi connectivity index (χ0n) is 12.0. The lowest BCUT2D eigenvalue weighted by atomic mass is 10.4. The van der Waals surface area contributed by atoms with E-state index in [-0.39, 0.29) is 23.9 Å². The molecule has 1 aromatic rings. The van der Waals surface area contributed by atoms with Crippen molar-refractivity contribution < 1.29 is 17.9 Å². The molecule has 0 heterocycles. The van der Waals surface area contributed by atoms with Crippen molar-refractivity contribution in [2.24, 2.45) is 0 Å². The molecule has 118 valence electrons. The molecular formula is C13H19BrN2O4S. The van der Waals surface area contributed by atoms with E-state index in [9.17, 15) is 13.2 Å². The largest absolute Gasteiger partial charge is 0.383 e. The second kappa shape index (κ2) is 8.47. The van der Waals surface area contributed by atoms with Crippen LogP contribution in [-0.2, 0) is 19.6 Å². The summed E-state index contributed by atoms with van der Waals surface area (Å²) < 4.78 is 31.6. The summed E-state index contributed by atoms with van der Waals surface area (Å²) in [5.41, 5.74) is 0. The Bertz CT molecular complexity index is 560. The number of nitrogens with one attached hydrogen (secondary N) is 1. The van der Waals surface area contributed by atoms with Gasteiger partial charge in [-0.1, -0.05) is 22.9 Å². The van der Waals surface area contributed by atoms with Crippen LogP contribution in [-0.4, -0.2) is 52.0 Å². The number of likely N-dealkylation sites (N-methyl/N-ethyl adjacent to an activating group) is 1. The van der Waals surface area contributed by atoms with Crippen LogP contribution in [0.5, 0.6) is 0 Å². The second-order valence-corrected chi connectivity index (χ2v) is 7.08. The molecule has 0 bridgehead atoms. The molecule has 0 spiro atoms. The van der Waals surface area contributed by atoms with Crippen LogP contribution in [0.1, 0.15) is 6.92 Å².